The van der Waals surface area contributed by atoms with Crippen molar-refractivity contribution in [3.8, 4) is 0 Å². The lowest BCUT2D eigenvalue weighted by Crippen LogP contribution is -2.34. The molecule has 0 saturated carbocycles. The minimum Gasteiger partial charge on any atom is -0.465 e. The summed E-state index contributed by atoms with van der Waals surface area (Å²) in [5.41, 5.74) is 1.17. The van der Waals surface area contributed by atoms with Crippen molar-refractivity contribution in [1.29, 1.82) is 0 Å². The second-order valence-corrected chi connectivity index (χ2v) is 15.6. The lowest BCUT2D eigenvalue weighted by molar-refractivity contribution is -0.161. The summed E-state index contributed by atoms with van der Waals surface area (Å²) in [6, 6.07) is 0. The van der Waals surface area contributed by atoms with Crippen molar-refractivity contribution < 1.29 is 19.1 Å². The van der Waals surface area contributed by atoms with Crippen LogP contribution in [-0.4, -0.2) is 25.2 Å². The van der Waals surface area contributed by atoms with Gasteiger partial charge in [0.2, 0.25) is 0 Å². The van der Waals surface area contributed by atoms with Gasteiger partial charge in [0.05, 0.1) is 25.0 Å². The van der Waals surface area contributed by atoms with Gasteiger partial charge in [-0.2, -0.15) is 0 Å². The van der Waals surface area contributed by atoms with Crippen LogP contribution in [0.2, 0.25) is 0 Å². The van der Waals surface area contributed by atoms with Gasteiger partial charge in [-0.05, 0) is 32.6 Å². The third-order valence-electron chi connectivity index (χ3n) is 10.8. The predicted octanol–water partition coefficient (Wildman–Crippen LogP) is 14.6. The van der Waals surface area contributed by atoms with E-state index in [1.165, 1.54) is 185 Å². The smallest absolute Gasteiger partial charge is 0.310 e. The van der Waals surface area contributed by atoms with Crippen molar-refractivity contribution in [2.75, 3.05) is 13.2 Å². The van der Waals surface area contributed by atoms with Crippen LogP contribution in [0.1, 0.15) is 239 Å². The van der Waals surface area contributed by atoms with Crippen LogP contribution in [0, 0.1) is 11.8 Å². The molecule has 0 aromatic carbocycles. The highest BCUT2D eigenvalue weighted by atomic mass is 16.5. The number of carbonyl (C=O) groups excluding carboxylic acids is 2. The lowest BCUT2D eigenvalue weighted by Gasteiger charge is -2.27. The summed E-state index contributed by atoms with van der Waals surface area (Å²) in [6.07, 6.45) is 45.8. The van der Waals surface area contributed by atoms with E-state index in [2.05, 4.69) is 19.9 Å². The Hall–Kier alpha value is -1.32. The van der Waals surface area contributed by atoms with Crippen LogP contribution in [0.15, 0.2) is 11.6 Å². The monoisotopic (exact) mass is 689 g/mol. The average Bonchev–Trinajstić information content (AvgIpc) is 3.10. The summed E-state index contributed by atoms with van der Waals surface area (Å²) in [5.74, 6) is -1.22. The molecule has 0 aromatic rings. The molecule has 1 aliphatic rings. The van der Waals surface area contributed by atoms with Gasteiger partial charge in [0.15, 0.2) is 0 Å². The average molecular weight is 689 g/mol. The normalized spacial score (nSPS) is 16.1. The quantitative estimate of drug-likeness (QED) is 0.0373. The Kier molecular flexibility index (Phi) is 32.7. The Morgan fingerprint density at radius 3 is 1.02 bits per heavy atom. The number of ether oxygens (including phenoxy) is 2. The Balaban J connectivity index is 2.00. The molecule has 0 saturated heterocycles. The third-order valence-corrected chi connectivity index (χ3v) is 10.8. The van der Waals surface area contributed by atoms with Gasteiger partial charge in [0.25, 0.3) is 0 Å². The fourth-order valence-electron chi connectivity index (χ4n) is 7.43. The van der Waals surface area contributed by atoms with Crippen molar-refractivity contribution in [1.82, 2.24) is 0 Å². The van der Waals surface area contributed by atoms with Gasteiger partial charge in [0.1, 0.15) is 0 Å². The molecule has 0 heterocycles. The molecule has 0 spiro atoms. The van der Waals surface area contributed by atoms with Crippen LogP contribution in [0.4, 0.5) is 0 Å². The van der Waals surface area contributed by atoms with Crippen molar-refractivity contribution in [3.63, 3.8) is 0 Å². The molecule has 0 fully saturated rings. The molecule has 0 amide bonds. The molecule has 49 heavy (non-hydrogen) atoms. The summed E-state index contributed by atoms with van der Waals surface area (Å²) in [4.78, 5) is 25.9. The Morgan fingerprint density at radius 2 is 0.714 bits per heavy atom. The zero-order chi connectivity index (χ0) is 35.5. The maximum Gasteiger partial charge on any atom is 0.310 e. The number of rotatable bonds is 36. The topological polar surface area (TPSA) is 52.6 Å². The first-order valence-corrected chi connectivity index (χ1v) is 22.1. The van der Waals surface area contributed by atoms with Crippen molar-refractivity contribution in [2.45, 2.75) is 239 Å². The molecule has 4 nitrogen and oxygen atoms in total. The number of esters is 2. The molecule has 1 rings (SSSR count). The van der Waals surface area contributed by atoms with Gasteiger partial charge in [0, 0.05) is 0 Å². The number of allylic oxidation sites excluding steroid dienone is 2. The third kappa shape index (κ3) is 28.0. The maximum atomic E-state index is 13.0. The maximum absolute atomic E-state index is 13.0. The molecule has 0 aliphatic heterocycles. The van der Waals surface area contributed by atoms with E-state index in [4.69, 9.17) is 9.47 Å². The second kappa shape index (κ2) is 35.1. The first-order chi connectivity index (χ1) is 24.1. The SMILES string of the molecule is CCCCCCCCCCCCCCCCCCOC(=O)C1CC=C(C)CC1C(=O)OCCCCCCCCCCCCCCCCCC. The van der Waals surface area contributed by atoms with Gasteiger partial charge in [-0.15, -0.1) is 0 Å². The van der Waals surface area contributed by atoms with E-state index in [9.17, 15) is 9.59 Å². The largest absolute Gasteiger partial charge is 0.465 e. The Labute approximate surface area is 306 Å². The summed E-state index contributed by atoms with van der Waals surface area (Å²) in [6.45, 7) is 7.56. The first-order valence-electron chi connectivity index (χ1n) is 22.1. The molecule has 2 atom stereocenters. The number of carbonyl (C=O) groups is 2. The van der Waals surface area contributed by atoms with Gasteiger partial charge in [-0.1, -0.05) is 218 Å². The van der Waals surface area contributed by atoms with Crippen LogP contribution in [-0.2, 0) is 19.1 Å². The summed E-state index contributed by atoms with van der Waals surface area (Å²) in [7, 11) is 0. The van der Waals surface area contributed by atoms with E-state index in [1.54, 1.807) is 0 Å². The minimum absolute atomic E-state index is 0.210. The van der Waals surface area contributed by atoms with Crippen LogP contribution in [0.25, 0.3) is 0 Å². The molecule has 288 valence electrons. The summed E-state index contributed by atoms with van der Waals surface area (Å²) in [5, 5.41) is 0. The van der Waals surface area contributed by atoms with Crippen molar-refractivity contribution in [2.24, 2.45) is 11.8 Å². The van der Waals surface area contributed by atoms with Crippen LogP contribution in [0.3, 0.4) is 0 Å². The highest BCUT2D eigenvalue weighted by molar-refractivity contribution is 5.83. The molecule has 0 radical (unpaired) electrons. The number of hydrogen-bond donors (Lipinski definition) is 0. The Morgan fingerprint density at radius 1 is 0.449 bits per heavy atom. The standard InChI is InChI=1S/C45H84O4/c1-4-6-8-10-12-14-16-18-20-22-24-26-28-30-32-34-38-48-44(46)42-37-36-41(3)40-43(42)45(47)49-39-35-33-31-29-27-25-23-21-19-17-15-13-11-9-7-5-2/h36,42-43H,4-35,37-40H2,1-3H3. The van der Waals surface area contributed by atoms with E-state index in [1.807, 2.05) is 6.92 Å². The fourth-order valence-corrected chi connectivity index (χ4v) is 7.43. The summed E-state index contributed by atoms with van der Waals surface area (Å²) >= 11 is 0. The molecule has 0 bridgehead atoms. The minimum atomic E-state index is -0.400. The second-order valence-electron chi connectivity index (χ2n) is 15.6. The number of hydrogen-bond acceptors (Lipinski definition) is 4. The van der Waals surface area contributed by atoms with E-state index >= 15 is 0 Å². The summed E-state index contributed by atoms with van der Waals surface area (Å²) < 4.78 is 11.4. The van der Waals surface area contributed by atoms with Crippen LogP contribution < -0.4 is 0 Å². The zero-order valence-corrected chi connectivity index (χ0v) is 33.3. The highest BCUT2D eigenvalue weighted by Gasteiger charge is 2.37. The van der Waals surface area contributed by atoms with E-state index in [0.717, 1.165) is 25.7 Å². The molecule has 0 N–H and O–H groups in total. The highest BCUT2D eigenvalue weighted by Crippen LogP contribution is 2.32. The molecule has 0 aromatic heterocycles. The number of unbranched alkanes of at least 4 members (excludes halogenated alkanes) is 30. The molecular weight excluding hydrogens is 604 g/mol. The lowest BCUT2D eigenvalue weighted by atomic mass is 9.80. The molecular formula is C45H84O4. The molecule has 1 aliphatic carbocycles. The fraction of sp³-hybridized carbons (Fsp3) is 0.911. The van der Waals surface area contributed by atoms with Gasteiger partial charge >= 0.3 is 11.9 Å². The van der Waals surface area contributed by atoms with Crippen LogP contribution >= 0.6 is 0 Å². The van der Waals surface area contributed by atoms with E-state index in [0.29, 0.717) is 26.1 Å². The zero-order valence-electron chi connectivity index (χ0n) is 33.3. The van der Waals surface area contributed by atoms with E-state index in [-0.39, 0.29) is 11.9 Å². The Bertz CT molecular complexity index is 774. The van der Waals surface area contributed by atoms with Gasteiger partial charge in [-0.3, -0.25) is 9.59 Å². The van der Waals surface area contributed by atoms with Crippen molar-refractivity contribution in [3.05, 3.63) is 11.6 Å². The molecule has 4 heteroatoms. The van der Waals surface area contributed by atoms with E-state index < -0.39 is 11.8 Å². The van der Waals surface area contributed by atoms with Gasteiger partial charge in [-0.25, -0.2) is 0 Å². The molecule has 2 unspecified atom stereocenters. The first kappa shape index (κ1) is 45.7. The van der Waals surface area contributed by atoms with Crippen LogP contribution in [0.5, 0.6) is 0 Å². The van der Waals surface area contributed by atoms with Crippen molar-refractivity contribution >= 4 is 11.9 Å². The van der Waals surface area contributed by atoms with Gasteiger partial charge < -0.3 is 9.47 Å². The predicted molar refractivity (Wildman–Crippen MR) is 211 cm³/mol.